The predicted molar refractivity (Wildman–Crippen MR) is 80.7 cm³/mol. The number of halogens is 1. The molecule has 0 radical (unpaired) electrons. The van der Waals surface area contributed by atoms with Crippen LogP contribution in [0.25, 0.3) is 0 Å². The van der Waals surface area contributed by atoms with Crippen LogP contribution < -0.4 is 4.74 Å². The second kappa shape index (κ2) is 6.75. The molecular formula is C15H15IO2. The summed E-state index contributed by atoms with van der Waals surface area (Å²) in [6, 6.07) is 16.1. The van der Waals surface area contributed by atoms with Crippen molar-refractivity contribution in [3.8, 4) is 5.75 Å². The lowest BCUT2D eigenvalue weighted by atomic mass is 10.2. The molecule has 0 aliphatic heterocycles. The highest BCUT2D eigenvalue weighted by molar-refractivity contribution is 14.1. The summed E-state index contributed by atoms with van der Waals surface area (Å²) in [4.78, 5) is 0. The SMILES string of the molecule is OCc1ccc(I)cc1OCCc1ccccc1. The van der Waals surface area contributed by atoms with Gasteiger partial charge >= 0.3 is 0 Å². The molecule has 1 N–H and O–H groups in total. The van der Waals surface area contributed by atoms with Gasteiger partial charge in [-0.15, -0.1) is 0 Å². The highest BCUT2D eigenvalue weighted by Crippen LogP contribution is 2.21. The standard InChI is InChI=1S/C15H15IO2/c16-14-7-6-13(11-17)15(10-14)18-9-8-12-4-2-1-3-5-12/h1-7,10,17H,8-9,11H2. The second-order valence-electron chi connectivity index (χ2n) is 3.99. The molecule has 0 aromatic heterocycles. The van der Waals surface area contributed by atoms with E-state index < -0.39 is 0 Å². The smallest absolute Gasteiger partial charge is 0.125 e. The number of hydrogen-bond acceptors (Lipinski definition) is 2. The molecule has 0 aliphatic carbocycles. The van der Waals surface area contributed by atoms with Crippen molar-refractivity contribution in [2.45, 2.75) is 13.0 Å². The van der Waals surface area contributed by atoms with Crippen molar-refractivity contribution in [2.75, 3.05) is 6.61 Å². The minimum Gasteiger partial charge on any atom is -0.493 e. The molecule has 0 heterocycles. The molecule has 0 saturated heterocycles. The lowest BCUT2D eigenvalue weighted by molar-refractivity contribution is 0.263. The first-order chi connectivity index (χ1) is 8.79. The molecule has 0 fully saturated rings. The highest BCUT2D eigenvalue weighted by atomic mass is 127. The van der Waals surface area contributed by atoms with Gasteiger partial charge in [-0.25, -0.2) is 0 Å². The van der Waals surface area contributed by atoms with Crippen LogP contribution in [0.5, 0.6) is 5.75 Å². The van der Waals surface area contributed by atoms with Gasteiger partial charge in [0.2, 0.25) is 0 Å². The van der Waals surface area contributed by atoms with Crippen molar-refractivity contribution < 1.29 is 9.84 Å². The summed E-state index contributed by atoms with van der Waals surface area (Å²) in [7, 11) is 0. The van der Waals surface area contributed by atoms with Crippen LogP contribution in [-0.4, -0.2) is 11.7 Å². The Bertz CT molecular complexity index is 497. The van der Waals surface area contributed by atoms with Gasteiger partial charge in [-0.05, 0) is 40.3 Å². The van der Waals surface area contributed by atoms with Crippen LogP contribution in [0.1, 0.15) is 11.1 Å². The Morgan fingerprint density at radius 1 is 1.06 bits per heavy atom. The maximum absolute atomic E-state index is 9.24. The van der Waals surface area contributed by atoms with Gasteiger partial charge in [-0.1, -0.05) is 36.4 Å². The molecule has 94 valence electrons. The number of ether oxygens (including phenoxy) is 1. The van der Waals surface area contributed by atoms with E-state index in [0.29, 0.717) is 6.61 Å². The quantitative estimate of drug-likeness (QED) is 0.834. The number of aliphatic hydroxyl groups is 1. The Labute approximate surface area is 121 Å². The number of benzene rings is 2. The normalized spacial score (nSPS) is 10.3. The summed E-state index contributed by atoms with van der Waals surface area (Å²) in [5, 5.41) is 9.24. The molecule has 2 rings (SSSR count). The monoisotopic (exact) mass is 354 g/mol. The zero-order valence-electron chi connectivity index (χ0n) is 9.97. The van der Waals surface area contributed by atoms with Crippen molar-refractivity contribution in [1.29, 1.82) is 0 Å². The number of hydrogen-bond donors (Lipinski definition) is 1. The van der Waals surface area contributed by atoms with Crippen LogP contribution in [-0.2, 0) is 13.0 Å². The van der Waals surface area contributed by atoms with E-state index in [0.717, 1.165) is 21.3 Å². The Morgan fingerprint density at radius 2 is 1.83 bits per heavy atom. The zero-order valence-corrected chi connectivity index (χ0v) is 12.1. The molecule has 18 heavy (non-hydrogen) atoms. The van der Waals surface area contributed by atoms with Crippen molar-refractivity contribution in [2.24, 2.45) is 0 Å². The van der Waals surface area contributed by atoms with Gasteiger partial charge in [-0.3, -0.25) is 0 Å². The molecule has 0 atom stereocenters. The van der Waals surface area contributed by atoms with E-state index >= 15 is 0 Å². The van der Waals surface area contributed by atoms with Gasteiger partial charge in [0.25, 0.3) is 0 Å². The third kappa shape index (κ3) is 3.71. The van der Waals surface area contributed by atoms with Crippen LogP contribution in [0.2, 0.25) is 0 Å². The predicted octanol–water partition coefficient (Wildman–Crippen LogP) is 3.41. The molecule has 2 aromatic rings. The van der Waals surface area contributed by atoms with E-state index in [1.807, 2.05) is 36.4 Å². The summed E-state index contributed by atoms with van der Waals surface area (Å²) in [5.41, 5.74) is 2.09. The summed E-state index contributed by atoms with van der Waals surface area (Å²) in [6.07, 6.45) is 0.872. The third-order valence-electron chi connectivity index (χ3n) is 2.69. The fourth-order valence-corrected chi connectivity index (χ4v) is 2.18. The first-order valence-corrected chi connectivity index (χ1v) is 6.93. The van der Waals surface area contributed by atoms with Gasteiger partial charge in [0.1, 0.15) is 5.75 Å². The van der Waals surface area contributed by atoms with Crippen molar-refractivity contribution in [1.82, 2.24) is 0 Å². The first kappa shape index (κ1) is 13.4. The fourth-order valence-electron chi connectivity index (χ4n) is 1.72. The van der Waals surface area contributed by atoms with E-state index in [1.54, 1.807) is 0 Å². The van der Waals surface area contributed by atoms with E-state index in [9.17, 15) is 5.11 Å². The summed E-state index contributed by atoms with van der Waals surface area (Å²) in [6.45, 7) is 0.634. The average molecular weight is 354 g/mol. The average Bonchev–Trinajstić information content (AvgIpc) is 2.40. The summed E-state index contributed by atoms with van der Waals surface area (Å²) in [5.74, 6) is 0.778. The molecule has 2 aromatic carbocycles. The first-order valence-electron chi connectivity index (χ1n) is 5.85. The molecule has 0 amide bonds. The largest absolute Gasteiger partial charge is 0.493 e. The van der Waals surface area contributed by atoms with Gasteiger partial charge < -0.3 is 9.84 Å². The Hall–Kier alpha value is -1.07. The second-order valence-corrected chi connectivity index (χ2v) is 5.24. The third-order valence-corrected chi connectivity index (χ3v) is 3.36. The van der Waals surface area contributed by atoms with E-state index in [4.69, 9.17) is 4.74 Å². The summed E-state index contributed by atoms with van der Waals surface area (Å²) < 4.78 is 6.86. The zero-order chi connectivity index (χ0) is 12.8. The molecule has 0 aliphatic rings. The van der Waals surface area contributed by atoms with E-state index in [1.165, 1.54) is 5.56 Å². The van der Waals surface area contributed by atoms with Crippen LogP contribution >= 0.6 is 22.6 Å². The van der Waals surface area contributed by atoms with Crippen LogP contribution in [0.4, 0.5) is 0 Å². The molecular weight excluding hydrogens is 339 g/mol. The number of rotatable bonds is 5. The topological polar surface area (TPSA) is 29.5 Å². The van der Waals surface area contributed by atoms with Gasteiger partial charge in [0.15, 0.2) is 0 Å². The van der Waals surface area contributed by atoms with Crippen molar-refractivity contribution in [3.63, 3.8) is 0 Å². The van der Waals surface area contributed by atoms with Crippen LogP contribution in [0.3, 0.4) is 0 Å². The van der Waals surface area contributed by atoms with Gasteiger partial charge in [0.05, 0.1) is 13.2 Å². The fraction of sp³-hybridized carbons (Fsp3) is 0.200. The molecule has 0 bridgehead atoms. The van der Waals surface area contributed by atoms with Crippen molar-refractivity contribution >= 4 is 22.6 Å². The maximum Gasteiger partial charge on any atom is 0.125 e. The molecule has 0 spiro atoms. The van der Waals surface area contributed by atoms with E-state index in [2.05, 4.69) is 34.7 Å². The number of aliphatic hydroxyl groups excluding tert-OH is 1. The summed E-state index contributed by atoms with van der Waals surface area (Å²) >= 11 is 2.24. The van der Waals surface area contributed by atoms with Crippen LogP contribution in [0.15, 0.2) is 48.5 Å². The molecule has 2 nitrogen and oxygen atoms in total. The van der Waals surface area contributed by atoms with E-state index in [-0.39, 0.29) is 6.61 Å². The Kier molecular flexibility index (Phi) is 5.01. The molecule has 0 unspecified atom stereocenters. The molecule has 3 heteroatoms. The lowest BCUT2D eigenvalue weighted by Gasteiger charge is -2.10. The van der Waals surface area contributed by atoms with Gasteiger partial charge in [0, 0.05) is 15.6 Å². The highest BCUT2D eigenvalue weighted by Gasteiger charge is 2.03. The minimum absolute atomic E-state index is 0.0115. The van der Waals surface area contributed by atoms with Gasteiger partial charge in [-0.2, -0.15) is 0 Å². The Balaban J connectivity index is 1.96. The minimum atomic E-state index is 0.0115. The van der Waals surface area contributed by atoms with Crippen molar-refractivity contribution in [3.05, 3.63) is 63.2 Å². The Morgan fingerprint density at radius 3 is 2.56 bits per heavy atom. The molecule has 0 saturated carbocycles. The maximum atomic E-state index is 9.24. The van der Waals surface area contributed by atoms with Crippen LogP contribution in [0, 0.1) is 3.57 Å². The lowest BCUT2D eigenvalue weighted by Crippen LogP contribution is -2.03.